The predicted molar refractivity (Wildman–Crippen MR) is 158 cm³/mol. The summed E-state index contributed by atoms with van der Waals surface area (Å²) in [6.07, 6.45) is 0. The van der Waals surface area contributed by atoms with Gasteiger partial charge in [0, 0.05) is 61.6 Å². The summed E-state index contributed by atoms with van der Waals surface area (Å²) in [6, 6.07) is 21.7. The Bertz CT molecular complexity index is 1510. The molecular weight excluding hydrogens is 486 g/mol. The smallest absolute Gasteiger partial charge is 0.298 e. The van der Waals surface area contributed by atoms with Crippen LogP contribution in [-0.2, 0) is 11.8 Å². The third kappa shape index (κ3) is 5.43. The lowest BCUT2D eigenvalue weighted by Crippen LogP contribution is -2.47. The number of benzene rings is 2. The molecule has 1 saturated heterocycles. The SMILES string of the molecule is Cc1cc(C)nc(N2CCN(c3ccc(NC(=O)C(=O)c4c(-c5ccccc5)cc(C)n4C)cc3C)CC2)c1. The number of carbonyl (C=O) groups excluding carboxylic acids is 2. The molecular formula is C32H35N5O2. The zero-order chi connectivity index (χ0) is 27.7. The number of ketones is 1. The van der Waals surface area contributed by atoms with Gasteiger partial charge in [0.1, 0.15) is 11.5 Å². The van der Waals surface area contributed by atoms with Gasteiger partial charge < -0.3 is 19.7 Å². The first-order valence-corrected chi connectivity index (χ1v) is 13.3. The average molecular weight is 522 g/mol. The Kier molecular flexibility index (Phi) is 7.24. The number of Topliss-reactive ketones (excluding diaryl/α,β-unsaturated/α-hetero) is 1. The van der Waals surface area contributed by atoms with Gasteiger partial charge in [0.2, 0.25) is 0 Å². The molecule has 0 bridgehead atoms. The molecule has 2 aromatic carbocycles. The molecule has 1 aliphatic rings. The van der Waals surface area contributed by atoms with Crippen molar-refractivity contribution in [2.24, 2.45) is 7.05 Å². The minimum atomic E-state index is -0.643. The Hall–Kier alpha value is -4.39. The van der Waals surface area contributed by atoms with E-state index < -0.39 is 11.7 Å². The van der Waals surface area contributed by atoms with E-state index in [0.717, 1.165) is 65.8 Å². The maximum Gasteiger partial charge on any atom is 0.298 e. The van der Waals surface area contributed by atoms with E-state index in [2.05, 4.69) is 34.2 Å². The summed E-state index contributed by atoms with van der Waals surface area (Å²) < 4.78 is 1.78. The van der Waals surface area contributed by atoms with E-state index in [-0.39, 0.29) is 0 Å². The first kappa shape index (κ1) is 26.2. The Labute approximate surface area is 230 Å². The van der Waals surface area contributed by atoms with E-state index >= 15 is 0 Å². The van der Waals surface area contributed by atoms with Crippen LogP contribution in [0.4, 0.5) is 17.2 Å². The highest BCUT2D eigenvalue weighted by atomic mass is 16.2. The molecule has 7 heteroatoms. The number of piperazine rings is 1. The minimum absolute atomic E-state index is 0.390. The molecule has 1 amide bonds. The molecule has 5 rings (SSSR count). The topological polar surface area (TPSA) is 70.5 Å². The number of aromatic nitrogens is 2. The van der Waals surface area contributed by atoms with Crippen molar-refractivity contribution in [2.75, 3.05) is 41.3 Å². The summed E-state index contributed by atoms with van der Waals surface area (Å²) in [5, 5.41) is 2.83. The maximum absolute atomic E-state index is 13.3. The number of rotatable bonds is 6. The molecule has 1 fully saturated rings. The molecule has 2 aromatic heterocycles. The summed E-state index contributed by atoms with van der Waals surface area (Å²) in [5.41, 5.74) is 8.04. The van der Waals surface area contributed by atoms with Gasteiger partial charge >= 0.3 is 0 Å². The summed E-state index contributed by atoms with van der Waals surface area (Å²) in [4.78, 5) is 35.8. The second-order valence-corrected chi connectivity index (χ2v) is 10.4. The van der Waals surface area contributed by atoms with Crippen LogP contribution < -0.4 is 15.1 Å². The van der Waals surface area contributed by atoms with Crippen LogP contribution in [0.25, 0.3) is 11.1 Å². The molecule has 1 N–H and O–H groups in total. The van der Waals surface area contributed by atoms with Crippen LogP contribution in [0.5, 0.6) is 0 Å². The number of aryl methyl sites for hydroxylation is 4. The van der Waals surface area contributed by atoms with Crippen molar-refractivity contribution in [3.8, 4) is 11.1 Å². The number of pyridine rings is 1. The largest absolute Gasteiger partial charge is 0.368 e. The van der Waals surface area contributed by atoms with Gasteiger partial charge in [0.15, 0.2) is 0 Å². The zero-order valence-electron chi connectivity index (χ0n) is 23.3. The van der Waals surface area contributed by atoms with Crippen molar-refractivity contribution < 1.29 is 9.59 Å². The number of carbonyl (C=O) groups is 2. The second-order valence-electron chi connectivity index (χ2n) is 10.4. The Morgan fingerprint density at radius 1 is 0.821 bits per heavy atom. The van der Waals surface area contributed by atoms with E-state index in [9.17, 15) is 9.59 Å². The Balaban J connectivity index is 1.27. The molecule has 0 saturated carbocycles. The number of amides is 1. The number of nitrogens with one attached hydrogen (secondary N) is 1. The highest BCUT2D eigenvalue weighted by molar-refractivity contribution is 6.47. The molecule has 0 atom stereocenters. The lowest BCUT2D eigenvalue weighted by Gasteiger charge is -2.37. The van der Waals surface area contributed by atoms with Gasteiger partial charge in [-0.2, -0.15) is 0 Å². The summed E-state index contributed by atoms with van der Waals surface area (Å²) in [6.45, 7) is 11.7. The monoisotopic (exact) mass is 521 g/mol. The van der Waals surface area contributed by atoms with Crippen LogP contribution in [-0.4, -0.2) is 47.4 Å². The van der Waals surface area contributed by atoms with Gasteiger partial charge in [0.25, 0.3) is 11.7 Å². The number of hydrogen-bond acceptors (Lipinski definition) is 5. The van der Waals surface area contributed by atoms with Crippen LogP contribution in [0.2, 0.25) is 0 Å². The third-order valence-corrected chi connectivity index (χ3v) is 7.46. The van der Waals surface area contributed by atoms with E-state index in [4.69, 9.17) is 4.98 Å². The van der Waals surface area contributed by atoms with Crippen molar-refractivity contribution in [2.45, 2.75) is 27.7 Å². The van der Waals surface area contributed by atoms with Crippen LogP contribution in [0.3, 0.4) is 0 Å². The fourth-order valence-electron chi connectivity index (χ4n) is 5.39. The van der Waals surface area contributed by atoms with E-state index in [1.165, 1.54) is 5.56 Å². The predicted octanol–water partition coefficient (Wildman–Crippen LogP) is 5.47. The van der Waals surface area contributed by atoms with Gasteiger partial charge in [-0.25, -0.2) is 4.98 Å². The number of hydrogen-bond donors (Lipinski definition) is 1. The van der Waals surface area contributed by atoms with Crippen molar-refractivity contribution >= 4 is 28.9 Å². The average Bonchev–Trinajstić information content (AvgIpc) is 3.22. The van der Waals surface area contributed by atoms with Crippen molar-refractivity contribution in [1.29, 1.82) is 0 Å². The fourth-order valence-corrected chi connectivity index (χ4v) is 5.39. The quantitative estimate of drug-likeness (QED) is 0.269. The van der Waals surface area contributed by atoms with E-state index in [1.54, 1.807) is 4.57 Å². The molecule has 0 unspecified atom stereocenters. The third-order valence-electron chi connectivity index (χ3n) is 7.46. The highest BCUT2D eigenvalue weighted by Crippen LogP contribution is 2.29. The van der Waals surface area contributed by atoms with E-state index in [1.807, 2.05) is 82.4 Å². The zero-order valence-corrected chi connectivity index (χ0v) is 23.3. The standard InChI is InChI=1S/C32H35N5O2/c1-21-17-23(3)33-29(18-21)37-15-13-36(14-16-37)28-12-11-26(19-22(28)2)34-32(39)31(38)30-27(20-24(4)35(30)5)25-9-7-6-8-10-25/h6-12,17-20H,13-16H2,1-5H3,(H,34,39). The van der Waals surface area contributed by atoms with Crippen LogP contribution >= 0.6 is 0 Å². The molecule has 1 aliphatic heterocycles. The van der Waals surface area contributed by atoms with Gasteiger partial charge in [-0.15, -0.1) is 0 Å². The molecule has 0 aliphatic carbocycles. The summed E-state index contributed by atoms with van der Waals surface area (Å²) >= 11 is 0. The Morgan fingerprint density at radius 2 is 1.51 bits per heavy atom. The van der Waals surface area contributed by atoms with Crippen molar-refractivity contribution in [3.05, 3.63) is 94.9 Å². The normalized spacial score (nSPS) is 13.5. The lowest BCUT2D eigenvalue weighted by atomic mass is 10.0. The van der Waals surface area contributed by atoms with Gasteiger partial charge in [-0.3, -0.25) is 9.59 Å². The van der Waals surface area contributed by atoms with E-state index in [0.29, 0.717) is 11.4 Å². The second kappa shape index (κ2) is 10.8. The van der Waals surface area contributed by atoms with Gasteiger partial charge in [-0.1, -0.05) is 30.3 Å². The van der Waals surface area contributed by atoms with Gasteiger partial charge in [0.05, 0.1) is 0 Å². The molecule has 4 aromatic rings. The molecule has 0 spiro atoms. The van der Waals surface area contributed by atoms with Crippen LogP contribution in [0.1, 0.15) is 33.0 Å². The molecule has 200 valence electrons. The first-order valence-electron chi connectivity index (χ1n) is 13.3. The molecule has 3 heterocycles. The van der Waals surface area contributed by atoms with Gasteiger partial charge in [-0.05, 0) is 80.8 Å². The summed E-state index contributed by atoms with van der Waals surface area (Å²) in [7, 11) is 1.82. The highest BCUT2D eigenvalue weighted by Gasteiger charge is 2.25. The van der Waals surface area contributed by atoms with Crippen molar-refractivity contribution in [3.63, 3.8) is 0 Å². The molecule has 39 heavy (non-hydrogen) atoms. The van der Waals surface area contributed by atoms with Crippen molar-refractivity contribution in [1.82, 2.24) is 9.55 Å². The lowest BCUT2D eigenvalue weighted by molar-refractivity contribution is -0.112. The Morgan fingerprint density at radius 3 is 2.18 bits per heavy atom. The fraction of sp³-hybridized carbons (Fsp3) is 0.281. The molecule has 0 radical (unpaired) electrons. The minimum Gasteiger partial charge on any atom is -0.368 e. The van der Waals surface area contributed by atoms with Crippen LogP contribution in [0, 0.1) is 27.7 Å². The first-order chi connectivity index (χ1) is 18.7. The van der Waals surface area contributed by atoms with Crippen LogP contribution in [0.15, 0.2) is 66.7 Å². The molecule has 7 nitrogen and oxygen atoms in total. The maximum atomic E-state index is 13.3. The summed E-state index contributed by atoms with van der Waals surface area (Å²) in [5.74, 6) is -0.159. The number of anilines is 3. The number of nitrogens with zero attached hydrogens (tertiary/aromatic N) is 4.